The monoisotopic (exact) mass is 358 g/mol. The summed E-state index contributed by atoms with van der Waals surface area (Å²) in [5, 5.41) is 9.42. The number of hydrogen-bond donors (Lipinski definition) is 1. The van der Waals surface area contributed by atoms with Crippen molar-refractivity contribution in [2.45, 2.75) is 64.4 Å². The van der Waals surface area contributed by atoms with E-state index in [1.54, 1.807) is 0 Å². The lowest BCUT2D eigenvalue weighted by Crippen LogP contribution is -2.45. The van der Waals surface area contributed by atoms with Gasteiger partial charge in [0, 0.05) is 17.8 Å². The minimum absolute atomic E-state index is 0.0287. The zero-order valence-corrected chi connectivity index (χ0v) is 15.7. The van der Waals surface area contributed by atoms with Crippen LogP contribution in [0.15, 0.2) is 11.6 Å². The molecular weight excluding hydrogens is 328 g/mol. The average Bonchev–Trinajstić information content (AvgIpc) is 3.10. The molecule has 0 aromatic rings. The van der Waals surface area contributed by atoms with Crippen molar-refractivity contribution in [3.63, 3.8) is 0 Å². The number of aliphatic hydroxyl groups excluding tert-OH is 1. The molecule has 0 radical (unpaired) electrons. The fourth-order valence-electron chi connectivity index (χ4n) is 7.68. The van der Waals surface area contributed by atoms with Crippen LogP contribution in [0.4, 0.5) is 0 Å². The lowest BCUT2D eigenvalue weighted by molar-refractivity contribution is -0.131. The van der Waals surface area contributed by atoms with Crippen LogP contribution in [0.3, 0.4) is 0 Å². The molecule has 0 aromatic carbocycles. The molecule has 142 valence electrons. The van der Waals surface area contributed by atoms with E-state index in [9.17, 15) is 14.7 Å². The van der Waals surface area contributed by atoms with Gasteiger partial charge < -0.3 is 9.84 Å². The van der Waals surface area contributed by atoms with E-state index in [4.69, 9.17) is 4.74 Å². The molecule has 3 saturated carbocycles. The highest BCUT2D eigenvalue weighted by molar-refractivity contribution is 5.92. The van der Waals surface area contributed by atoms with E-state index in [0.29, 0.717) is 24.2 Å². The molecule has 4 heteroatoms. The first-order chi connectivity index (χ1) is 12.5. The zero-order valence-electron chi connectivity index (χ0n) is 15.7. The molecule has 4 fully saturated rings. The molecule has 0 amide bonds. The van der Waals surface area contributed by atoms with Crippen molar-refractivity contribution in [2.24, 2.45) is 34.5 Å². The Bertz CT molecular complexity index is 682. The van der Waals surface area contributed by atoms with Gasteiger partial charge in [0.15, 0.2) is 11.6 Å². The van der Waals surface area contributed by atoms with Gasteiger partial charge in [0.1, 0.15) is 6.61 Å². The SMILES string of the molecule is CC12CCC3CC45CCC(=O)C=C4C(CC3C1CCC2C(=O)CO)OC5. The fraction of sp³-hybridized carbons (Fsp3) is 0.818. The summed E-state index contributed by atoms with van der Waals surface area (Å²) in [6.07, 6.45) is 10.2. The number of rotatable bonds is 2. The van der Waals surface area contributed by atoms with Crippen LogP contribution < -0.4 is 0 Å². The van der Waals surface area contributed by atoms with Gasteiger partial charge in [-0.1, -0.05) is 6.92 Å². The van der Waals surface area contributed by atoms with Crippen molar-refractivity contribution in [1.82, 2.24) is 0 Å². The van der Waals surface area contributed by atoms with E-state index >= 15 is 0 Å². The van der Waals surface area contributed by atoms with E-state index in [1.807, 2.05) is 6.08 Å². The van der Waals surface area contributed by atoms with E-state index < -0.39 is 0 Å². The lowest BCUT2D eigenvalue weighted by Gasteiger charge is -2.50. The van der Waals surface area contributed by atoms with Crippen LogP contribution in [-0.4, -0.2) is 36.0 Å². The summed E-state index contributed by atoms with van der Waals surface area (Å²) in [5.74, 6) is 2.19. The van der Waals surface area contributed by atoms with Gasteiger partial charge >= 0.3 is 0 Å². The Morgan fingerprint density at radius 3 is 2.96 bits per heavy atom. The van der Waals surface area contributed by atoms with Crippen molar-refractivity contribution < 1.29 is 19.4 Å². The third-order valence-electron chi connectivity index (χ3n) is 8.96. The molecule has 1 N–H and O–H groups in total. The quantitative estimate of drug-likeness (QED) is 0.824. The van der Waals surface area contributed by atoms with Gasteiger partial charge in [-0.05, 0) is 79.8 Å². The van der Waals surface area contributed by atoms with Crippen LogP contribution in [0.1, 0.15) is 58.3 Å². The molecule has 5 aliphatic rings. The molecule has 0 spiro atoms. The van der Waals surface area contributed by atoms with Crippen molar-refractivity contribution in [3.8, 4) is 0 Å². The molecule has 1 aliphatic heterocycles. The molecule has 4 aliphatic carbocycles. The summed E-state index contributed by atoms with van der Waals surface area (Å²) in [4.78, 5) is 24.4. The fourth-order valence-corrected chi connectivity index (χ4v) is 7.68. The van der Waals surface area contributed by atoms with Crippen LogP contribution in [0, 0.1) is 34.5 Å². The second-order valence-corrected chi connectivity index (χ2v) is 9.92. The molecule has 7 unspecified atom stereocenters. The molecule has 26 heavy (non-hydrogen) atoms. The first-order valence-electron chi connectivity index (χ1n) is 10.5. The van der Waals surface area contributed by atoms with Crippen LogP contribution >= 0.6 is 0 Å². The molecule has 4 nitrogen and oxygen atoms in total. The highest BCUT2D eigenvalue weighted by Gasteiger charge is 2.60. The molecule has 7 atom stereocenters. The summed E-state index contributed by atoms with van der Waals surface area (Å²) in [6.45, 7) is 2.79. The van der Waals surface area contributed by atoms with E-state index in [-0.39, 0.29) is 41.0 Å². The first-order valence-corrected chi connectivity index (χ1v) is 10.5. The molecule has 1 heterocycles. The number of carbonyl (C=O) groups is 2. The van der Waals surface area contributed by atoms with Gasteiger partial charge in [-0.3, -0.25) is 9.59 Å². The Kier molecular flexibility index (Phi) is 3.78. The van der Waals surface area contributed by atoms with Gasteiger partial charge in [0.2, 0.25) is 0 Å². The van der Waals surface area contributed by atoms with Gasteiger partial charge in [0.05, 0.1) is 12.7 Å². The molecule has 1 saturated heterocycles. The summed E-state index contributed by atoms with van der Waals surface area (Å²) < 4.78 is 6.24. The maximum atomic E-state index is 12.3. The maximum Gasteiger partial charge on any atom is 0.161 e. The standard InChI is InChI=1S/C22H30O4/c1-21-6-4-13-10-22-7-5-14(24)8-18(22)20(26-12-22)9-15(13)16(21)2-3-17(21)19(25)11-23/h8,13,15-17,20,23H,2-7,9-12H2,1H3. The predicted molar refractivity (Wildman–Crippen MR) is 96.4 cm³/mol. The van der Waals surface area contributed by atoms with Crippen LogP contribution in [0.25, 0.3) is 0 Å². The number of carbonyl (C=O) groups excluding carboxylic acids is 2. The van der Waals surface area contributed by atoms with Gasteiger partial charge in [-0.15, -0.1) is 0 Å². The normalized spacial score (nSPS) is 49.7. The first kappa shape index (κ1) is 17.1. The average molecular weight is 358 g/mol. The third-order valence-corrected chi connectivity index (χ3v) is 8.96. The summed E-state index contributed by atoms with van der Waals surface area (Å²) in [7, 11) is 0. The van der Waals surface area contributed by atoms with E-state index in [0.717, 1.165) is 38.7 Å². The third kappa shape index (κ3) is 2.21. The van der Waals surface area contributed by atoms with E-state index in [2.05, 4.69) is 6.92 Å². The van der Waals surface area contributed by atoms with Crippen LogP contribution in [0.5, 0.6) is 0 Å². The second kappa shape index (κ2) is 5.75. The van der Waals surface area contributed by atoms with Crippen molar-refractivity contribution >= 4 is 11.6 Å². The Hall–Kier alpha value is -1.00. The lowest BCUT2D eigenvalue weighted by atomic mass is 9.55. The minimum Gasteiger partial charge on any atom is -0.389 e. The molecule has 5 rings (SSSR count). The predicted octanol–water partition coefficient (Wildman–Crippen LogP) is 3.07. The highest BCUT2D eigenvalue weighted by atomic mass is 16.5. The summed E-state index contributed by atoms with van der Waals surface area (Å²) >= 11 is 0. The Labute approximate surface area is 155 Å². The Morgan fingerprint density at radius 2 is 2.15 bits per heavy atom. The number of allylic oxidation sites excluding steroid dienone is 1. The number of aliphatic hydroxyl groups is 1. The smallest absolute Gasteiger partial charge is 0.161 e. The Morgan fingerprint density at radius 1 is 1.31 bits per heavy atom. The van der Waals surface area contributed by atoms with Crippen molar-refractivity contribution in [1.29, 1.82) is 0 Å². The summed E-state index contributed by atoms with van der Waals surface area (Å²) in [6, 6.07) is 0. The number of ketones is 2. The largest absolute Gasteiger partial charge is 0.389 e. The molecule has 2 bridgehead atoms. The zero-order chi connectivity index (χ0) is 18.1. The number of fused-ring (bicyclic) bond motifs is 3. The van der Waals surface area contributed by atoms with Gasteiger partial charge in [-0.2, -0.15) is 0 Å². The van der Waals surface area contributed by atoms with Crippen LogP contribution in [0.2, 0.25) is 0 Å². The Balaban J connectivity index is 1.48. The van der Waals surface area contributed by atoms with Crippen LogP contribution in [-0.2, 0) is 14.3 Å². The maximum absolute atomic E-state index is 12.3. The minimum atomic E-state index is -0.315. The number of hydrogen-bond acceptors (Lipinski definition) is 4. The highest BCUT2D eigenvalue weighted by Crippen LogP contribution is 2.65. The second-order valence-electron chi connectivity index (χ2n) is 9.92. The molecule has 0 aromatic heterocycles. The van der Waals surface area contributed by atoms with Gasteiger partial charge in [0.25, 0.3) is 0 Å². The number of ether oxygens (including phenoxy) is 1. The van der Waals surface area contributed by atoms with Crippen molar-refractivity contribution in [2.75, 3.05) is 13.2 Å². The van der Waals surface area contributed by atoms with E-state index in [1.165, 1.54) is 18.4 Å². The summed E-state index contributed by atoms with van der Waals surface area (Å²) in [5.41, 5.74) is 1.45. The topological polar surface area (TPSA) is 63.6 Å². The molecular formula is C22H30O4. The number of Topliss-reactive ketones (excluding diaryl/α,β-unsaturated/α-hetero) is 1. The van der Waals surface area contributed by atoms with Gasteiger partial charge in [-0.25, -0.2) is 0 Å². The van der Waals surface area contributed by atoms with Crippen molar-refractivity contribution in [3.05, 3.63) is 11.6 Å².